The Morgan fingerprint density at radius 1 is 1.45 bits per heavy atom. The summed E-state index contributed by atoms with van der Waals surface area (Å²) in [5, 5.41) is -2.92. The van der Waals surface area contributed by atoms with Gasteiger partial charge in [0.05, 0.1) is 0 Å². The summed E-state index contributed by atoms with van der Waals surface area (Å²) in [5.41, 5.74) is 0. The Labute approximate surface area is 68.0 Å². The van der Waals surface area contributed by atoms with Crippen LogP contribution in [-0.4, -0.2) is 11.1 Å². The third kappa shape index (κ3) is 0.835. The zero-order valence-electron chi connectivity index (χ0n) is 5.95. The van der Waals surface area contributed by atoms with Gasteiger partial charge in [0.25, 0.3) is 11.1 Å². The Hall–Kier alpha value is -0.180. The predicted octanol–water partition coefficient (Wildman–Crippen LogP) is 2.98. The predicted molar refractivity (Wildman–Crippen MR) is 37.5 cm³/mol. The lowest BCUT2D eigenvalue weighted by Crippen LogP contribution is -2.63. The van der Waals surface area contributed by atoms with Crippen LogP contribution in [-0.2, 0) is 0 Å². The van der Waals surface area contributed by atoms with E-state index in [1.165, 1.54) is 6.92 Å². The van der Waals surface area contributed by atoms with Crippen molar-refractivity contribution in [2.24, 2.45) is 11.8 Å². The molecule has 0 aromatic rings. The summed E-state index contributed by atoms with van der Waals surface area (Å²) in [4.78, 5) is 0. The van der Waals surface area contributed by atoms with E-state index >= 15 is 0 Å². The Kier molecular flexibility index (Phi) is 1.75. The topological polar surface area (TPSA) is 0 Å². The molecule has 0 amide bonds. The molecule has 3 atom stereocenters. The van der Waals surface area contributed by atoms with Crippen LogP contribution in [0.2, 0.25) is 0 Å². The van der Waals surface area contributed by atoms with Crippen molar-refractivity contribution >= 4 is 11.6 Å². The SMILES string of the molecule is C=CC1C(C)C(F)(F)C1(F)Cl. The Morgan fingerprint density at radius 3 is 2.09 bits per heavy atom. The van der Waals surface area contributed by atoms with Crippen molar-refractivity contribution < 1.29 is 13.2 Å². The van der Waals surface area contributed by atoms with E-state index in [0.717, 1.165) is 6.08 Å². The molecule has 1 aliphatic carbocycles. The van der Waals surface area contributed by atoms with Gasteiger partial charge in [0.2, 0.25) is 0 Å². The highest BCUT2D eigenvalue weighted by atomic mass is 35.5. The second-order valence-corrected chi connectivity index (χ2v) is 3.35. The van der Waals surface area contributed by atoms with Crippen LogP contribution in [0.3, 0.4) is 0 Å². The summed E-state index contributed by atoms with van der Waals surface area (Å²) < 4.78 is 38.0. The molecule has 0 bridgehead atoms. The lowest BCUT2D eigenvalue weighted by atomic mass is 9.69. The molecule has 1 rings (SSSR count). The molecule has 0 radical (unpaired) electrons. The minimum Gasteiger partial charge on any atom is -0.219 e. The van der Waals surface area contributed by atoms with Crippen LogP contribution >= 0.6 is 11.6 Å². The zero-order chi connectivity index (χ0) is 8.86. The number of alkyl halides is 4. The summed E-state index contributed by atoms with van der Waals surface area (Å²) in [6, 6.07) is 0. The molecule has 3 unspecified atom stereocenters. The molecule has 4 heteroatoms. The molecule has 0 aliphatic heterocycles. The number of hydrogen-bond donors (Lipinski definition) is 0. The standard InChI is InChI=1S/C7H8ClF3/c1-3-5-4(2)7(10,11)6(5,8)9/h3-5H,1H2,2H3. The van der Waals surface area contributed by atoms with Crippen LogP contribution in [0.5, 0.6) is 0 Å². The molecule has 0 N–H and O–H groups in total. The Balaban J connectivity index is 2.87. The first-order valence-electron chi connectivity index (χ1n) is 3.24. The largest absolute Gasteiger partial charge is 0.299 e. The molecule has 0 aromatic heterocycles. The monoisotopic (exact) mass is 184 g/mol. The van der Waals surface area contributed by atoms with E-state index < -0.39 is 22.9 Å². The minimum absolute atomic E-state index is 0.945. The quantitative estimate of drug-likeness (QED) is 0.434. The molecule has 1 fully saturated rings. The molecule has 0 nitrogen and oxygen atoms in total. The number of allylic oxidation sites excluding steroid dienone is 1. The summed E-state index contributed by atoms with van der Waals surface area (Å²) in [5.74, 6) is -5.42. The van der Waals surface area contributed by atoms with Crippen LogP contribution in [0.1, 0.15) is 6.92 Å². The number of hydrogen-bond acceptors (Lipinski definition) is 0. The smallest absolute Gasteiger partial charge is 0.219 e. The van der Waals surface area contributed by atoms with Crippen LogP contribution in [0.15, 0.2) is 12.7 Å². The van der Waals surface area contributed by atoms with Crippen LogP contribution in [0.4, 0.5) is 13.2 Å². The lowest BCUT2D eigenvalue weighted by molar-refractivity contribution is -0.238. The fourth-order valence-corrected chi connectivity index (χ4v) is 1.77. The Bertz CT molecular complexity index is 188. The number of halogens is 4. The first kappa shape index (κ1) is 8.91. The normalized spacial score (nSPS) is 48.1. The maximum atomic E-state index is 12.8. The molecule has 64 valence electrons. The highest BCUT2D eigenvalue weighted by Crippen LogP contribution is 2.60. The maximum absolute atomic E-state index is 12.8. The van der Waals surface area contributed by atoms with E-state index in [2.05, 4.69) is 6.58 Å². The van der Waals surface area contributed by atoms with E-state index in [-0.39, 0.29) is 0 Å². The molecule has 1 saturated carbocycles. The molecule has 0 aromatic carbocycles. The van der Waals surface area contributed by atoms with Crippen molar-refractivity contribution in [3.63, 3.8) is 0 Å². The lowest BCUT2D eigenvalue weighted by Gasteiger charge is -2.49. The van der Waals surface area contributed by atoms with E-state index in [9.17, 15) is 13.2 Å². The van der Waals surface area contributed by atoms with Gasteiger partial charge in [-0.2, -0.15) is 0 Å². The zero-order valence-corrected chi connectivity index (χ0v) is 6.71. The summed E-state index contributed by atoms with van der Waals surface area (Å²) in [7, 11) is 0. The molecule has 1 aliphatic rings. The van der Waals surface area contributed by atoms with E-state index in [0.29, 0.717) is 0 Å². The van der Waals surface area contributed by atoms with E-state index in [4.69, 9.17) is 11.6 Å². The summed E-state index contributed by atoms with van der Waals surface area (Å²) in [6.07, 6.45) is 1.13. The van der Waals surface area contributed by atoms with Gasteiger partial charge in [0.1, 0.15) is 0 Å². The van der Waals surface area contributed by atoms with Gasteiger partial charge in [0.15, 0.2) is 0 Å². The highest BCUT2D eigenvalue weighted by Gasteiger charge is 2.73. The molecular formula is C7H8ClF3. The van der Waals surface area contributed by atoms with Crippen molar-refractivity contribution in [2.45, 2.75) is 18.0 Å². The minimum atomic E-state index is -3.42. The molecule has 11 heavy (non-hydrogen) atoms. The first-order chi connectivity index (χ1) is 4.85. The van der Waals surface area contributed by atoms with Gasteiger partial charge < -0.3 is 0 Å². The fourth-order valence-electron chi connectivity index (χ4n) is 1.32. The van der Waals surface area contributed by atoms with Gasteiger partial charge in [-0.05, 0) is 0 Å². The molecule has 0 heterocycles. The number of rotatable bonds is 1. The second-order valence-electron chi connectivity index (χ2n) is 2.80. The molecule has 0 spiro atoms. The van der Waals surface area contributed by atoms with Gasteiger partial charge >= 0.3 is 0 Å². The van der Waals surface area contributed by atoms with Gasteiger partial charge in [0, 0.05) is 11.8 Å². The third-order valence-corrected chi connectivity index (χ3v) is 2.73. The second kappa shape index (κ2) is 2.16. The van der Waals surface area contributed by atoms with Crippen LogP contribution < -0.4 is 0 Å². The van der Waals surface area contributed by atoms with Gasteiger partial charge in [-0.3, -0.25) is 0 Å². The fraction of sp³-hybridized carbons (Fsp3) is 0.714. The maximum Gasteiger partial charge on any atom is 0.299 e. The van der Waals surface area contributed by atoms with Crippen molar-refractivity contribution in [1.29, 1.82) is 0 Å². The summed E-state index contributed by atoms with van der Waals surface area (Å²) >= 11 is 4.97. The highest BCUT2D eigenvalue weighted by molar-refractivity contribution is 6.24. The van der Waals surface area contributed by atoms with Gasteiger partial charge in [-0.1, -0.05) is 24.6 Å². The average Bonchev–Trinajstić information content (AvgIpc) is 1.88. The molecular weight excluding hydrogens is 177 g/mol. The first-order valence-corrected chi connectivity index (χ1v) is 3.61. The van der Waals surface area contributed by atoms with Crippen molar-refractivity contribution in [2.75, 3.05) is 0 Å². The third-order valence-electron chi connectivity index (χ3n) is 2.23. The van der Waals surface area contributed by atoms with Crippen molar-refractivity contribution in [3.05, 3.63) is 12.7 Å². The summed E-state index contributed by atoms with van der Waals surface area (Å²) in [6.45, 7) is 4.49. The van der Waals surface area contributed by atoms with Crippen molar-refractivity contribution in [3.8, 4) is 0 Å². The van der Waals surface area contributed by atoms with Crippen molar-refractivity contribution in [1.82, 2.24) is 0 Å². The molecule has 0 saturated heterocycles. The van der Waals surface area contributed by atoms with Gasteiger partial charge in [-0.15, -0.1) is 6.58 Å². The van der Waals surface area contributed by atoms with Gasteiger partial charge in [-0.25, -0.2) is 13.2 Å². The van der Waals surface area contributed by atoms with Crippen LogP contribution in [0, 0.1) is 11.8 Å². The average molecular weight is 185 g/mol. The van der Waals surface area contributed by atoms with E-state index in [1.54, 1.807) is 0 Å². The van der Waals surface area contributed by atoms with E-state index in [1.807, 2.05) is 0 Å². The van der Waals surface area contributed by atoms with Crippen LogP contribution in [0.25, 0.3) is 0 Å². The Morgan fingerprint density at radius 2 is 1.91 bits per heavy atom.